The number of carbonyl (C=O) groups excluding carboxylic acids is 1. The fraction of sp³-hybridized carbons (Fsp3) is 0.273. The first-order chi connectivity index (χ1) is 13.3. The molecule has 1 atom stereocenters. The van der Waals surface area contributed by atoms with Gasteiger partial charge in [0.2, 0.25) is 0 Å². The van der Waals surface area contributed by atoms with Crippen LogP contribution in [0.1, 0.15) is 23.2 Å². The molecule has 4 rings (SSSR count). The maximum atomic E-state index is 12.9. The summed E-state index contributed by atoms with van der Waals surface area (Å²) in [6.07, 6.45) is 3.83. The van der Waals surface area contributed by atoms with Crippen LogP contribution in [0.2, 0.25) is 0 Å². The molecule has 2 aromatic carbocycles. The summed E-state index contributed by atoms with van der Waals surface area (Å²) in [5.41, 5.74) is 2.70. The van der Waals surface area contributed by atoms with Crippen LogP contribution in [0.5, 0.6) is 5.75 Å². The van der Waals surface area contributed by atoms with Gasteiger partial charge in [-0.1, -0.05) is 30.3 Å². The van der Waals surface area contributed by atoms with E-state index < -0.39 is 0 Å². The molecule has 1 aliphatic heterocycles. The zero-order valence-electron chi connectivity index (χ0n) is 15.2. The van der Waals surface area contributed by atoms with Crippen LogP contribution < -0.4 is 4.74 Å². The Bertz CT molecular complexity index is 860. The second kappa shape index (κ2) is 8.08. The molecule has 0 spiro atoms. The summed E-state index contributed by atoms with van der Waals surface area (Å²) in [4.78, 5) is 14.8. The molecule has 138 valence electrons. The first kappa shape index (κ1) is 17.3. The minimum absolute atomic E-state index is 0.0931. The topological polar surface area (TPSA) is 58.2 Å². The second-order valence-electron chi connectivity index (χ2n) is 6.93. The number of H-pyrrole nitrogens is 1. The number of nitrogens with zero attached hydrogens (tertiary/aromatic N) is 2. The SMILES string of the molecule is O=C(c1ccc(-c2ccn[nH]2)cc1)N1CCCC(COc2ccccc2)C1. The Hall–Kier alpha value is -3.08. The van der Waals surface area contributed by atoms with Crippen LogP contribution in [-0.4, -0.2) is 40.7 Å². The number of aromatic amines is 1. The lowest BCUT2D eigenvalue weighted by molar-refractivity contribution is 0.0633. The monoisotopic (exact) mass is 361 g/mol. The van der Waals surface area contributed by atoms with E-state index in [1.807, 2.05) is 65.6 Å². The summed E-state index contributed by atoms with van der Waals surface area (Å²) >= 11 is 0. The quantitative estimate of drug-likeness (QED) is 0.747. The van der Waals surface area contributed by atoms with Gasteiger partial charge in [0.15, 0.2) is 0 Å². The van der Waals surface area contributed by atoms with E-state index in [0.29, 0.717) is 12.5 Å². The molecule has 1 fully saturated rings. The number of ether oxygens (including phenoxy) is 1. The Morgan fingerprint density at radius 2 is 1.93 bits per heavy atom. The first-order valence-corrected chi connectivity index (χ1v) is 9.36. The third kappa shape index (κ3) is 4.19. The zero-order chi connectivity index (χ0) is 18.5. The van der Waals surface area contributed by atoms with Crippen LogP contribution in [0.3, 0.4) is 0 Å². The summed E-state index contributed by atoms with van der Waals surface area (Å²) in [6.45, 7) is 2.20. The number of hydrogen-bond acceptors (Lipinski definition) is 3. The number of carbonyl (C=O) groups is 1. The van der Waals surface area contributed by atoms with Gasteiger partial charge in [0.1, 0.15) is 5.75 Å². The fourth-order valence-corrected chi connectivity index (χ4v) is 3.51. The maximum Gasteiger partial charge on any atom is 0.253 e. The molecule has 0 saturated carbocycles. The molecule has 1 saturated heterocycles. The summed E-state index contributed by atoms with van der Waals surface area (Å²) in [5.74, 6) is 1.35. The Morgan fingerprint density at radius 1 is 1.11 bits per heavy atom. The largest absolute Gasteiger partial charge is 0.493 e. The minimum atomic E-state index is 0.0931. The van der Waals surface area contributed by atoms with E-state index in [2.05, 4.69) is 10.2 Å². The molecule has 1 unspecified atom stereocenters. The summed E-state index contributed by atoms with van der Waals surface area (Å²) in [6, 6.07) is 19.5. The van der Waals surface area contributed by atoms with Crippen LogP contribution in [0.25, 0.3) is 11.3 Å². The Balaban J connectivity index is 1.36. The van der Waals surface area contributed by atoms with Crippen molar-refractivity contribution in [1.82, 2.24) is 15.1 Å². The number of amides is 1. The van der Waals surface area contributed by atoms with Crippen LogP contribution >= 0.6 is 0 Å². The molecule has 5 heteroatoms. The van der Waals surface area contributed by atoms with Gasteiger partial charge in [-0.25, -0.2) is 0 Å². The smallest absolute Gasteiger partial charge is 0.253 e. The molecule has 27 heavy (non-hydrogen) atoms. The van der Waals surface area contributed by atoms with Gasteiger partial charge in [-0.15, -0.1) is 0 Å². The molecular weight excluding hydrogens is 338 g/mol. The van der Waals surface area contributed by atoms with Crippen molar-refractivity contribution in [3.8, 4) is 17.0 Å². The van der Waals surface area contributed by atoms with Crippen molar-refractivity contribution in [3.63, 3.8) is 0 Å². The normalized spacial score (nSPS) is 16.9. The molecule has 1 N–H and O–H groups in total. The van der Waals surface area contributed by atoms with Crippen LogP contribution in [0, 0.1) is 5.92 Å². The summed E-state index contributed by atoms with van der Waals surface area (Å²) in [7, 11) is 0. The standard InChI is InChI=1S/C22H23N3O2/c26-22(19-10-8-18(9-11-19)21-12-13-23-24-21)25-14-4-5-17(15-25)16-27-20-6-2-1-3-7-20/h1-3,6-13,17H,4-5,14-16H2,(H,23,24). The second-order valence-corrected chi connectivity index (χ2v) is 6.93. The highest BCUT2D eigenvalue weighted by atomic mass is 16.5. The number of likely N-dealkylation sites (tertiary alicyclic amines) is 1. The van der Waals surface area contributed by atoms with Crippen molar-refractivity contribution in [1.29, 1.82) is 0 Å². The highest BCUT2D eigenvalue weighted by Crippen LogP contribution is 2.22. The predicted octanol–water partition coefficient (Wildman–Crippen LogP) is 4.01. The minimum Gasteiger partial charge on any atom is -0.493 e. The lowest BCUT2D eigenvalue weighted by Gasteiger charge is -2.32. The zero-order valence-corrected chi connectivity index (χ0v) is 15.2. The molecule has 0 bridgehead atoms. The van der Waals surface area contributed by atoms with Gasteiger partial charge in [0.05, 0.1) is 12.3 Å². The van der Waals surface area contributed by atoms with Crippen LogP contribution in [0.4, 0.5) is 0 Å². The van der Waals surface area contributed by atoms with Crippen LogP contribution in [0.15, 0.2) is 66.9 Å². The number of nitrogens with one attached hydrogen (secondary N) is 1. The molecule has 5 nitrogen and oxygen atoms in total. The molecule has 1 aliphatic rings. The van der Waals surface area contributed by atoms with E-state index in [4.69, 9.17) is 4.74 Å². The highest BCUT2D eigenvalue weighted by molar-refractivity contribution is 5.94. The van der Waals surface area contributed by atoms with Gasteiger partial charge < -0.3 is 9.64 Å². The van der Waals surface area contributed by atoms with Gasteiger partial charge in [0, 0.05) is 30.8 Å². The van der Waals surface area contributed by atoms with E-state index in [1.54, 1.807) is 6.20 Å². The lowest BCUT2D eigenvalue weighted by Crippen LogP contribution is -2.41. The number of benzene rings is 2. The number of rotatable bonds is 5. The van der Waals surface area contributed by atoms with Crippen molar-refractivity contribution in [3.05, 3.63) is 72.4 Å². The van der Waals surface area contributed by atoms with Crippen molar-refractivity contribution in [2.75, 3.05) is 19.7 Å². The summed E-state index contributed by atoms with van der Waals surface area (Å²) in [5, 5.41) is 6.90. The van der Waals surface area contributed by atoms with Crippen molar-refractivity contribution < 1.29 is 9.53 Å². The lowest BCUT2D eigenvalue weighted by atomic mass is 9.98. The number of hydrogen-bond donors (Lipinski definition) is 1. The molecule has 1 amide bonds. The molecule has 2 heterocycles. The van der Waals surface area contributed by atoms with Gasteiger partial charge in [0.25, 0.3) is 5.91 Å². The molecule has 1 aromatic heterocycles. The summed E-state index contributed by atoms with van der Waals surface area (Å²) < 4.78 is 5.89. The number of aromatic nitrogens is 2. The fourth-order valence-electron chi connectivity index (χ4n) is 3.51. The molecular formula is C22H23N3O2. The Labute approximate surface area is 159 Å². The van der Waals surface area contributed by atoms with Gasteiger partial charge in [-0.3, -0.25) is 9.89 Å². The predicted molar refractivity (Wildman–Crippen MR) is 105 cm³/mol. The highest BCUT2D eigenvalue weighted by Gasteiger charge is 2.25. The van der Waals surface area contributed by atoms with Crippen molar-refractivity contribution in [2.24, 2.45) is 5.92 Å². The Kier molecular flexibility index (Phi) is 5.19. The van der Waals surface area contributed by atoms with Gasteiger partial charge >= 0.3 is 0 Å². The number of piperidine rings is 1. The number of para-hydroxylation sites is 1. The van der Waals surface area contributed by atoms with Gasteiger partial charge in [-0.05, 0) is 48.7 Å². The molecule has 0 aliphatic carbocycles. The van der Waals surface area contributed by atoms with Crippen LogP contribution in [-0.2, 0) is 0 Å². The third-order valence-electron chi connectivity index (χ3n) is 4.98. The maximum absolute atomic E-state index is 12.9. The average Bonchev–Trinajstić information content (AvgIpc) is 3.28. The van der Waals surface area contributed by atoms with E-state index >= 15 is 0 Å². The first-order valence-electron chi connectivity index (χ1n) is 9.36. The van der Waals surface area contributed by atoms with E-state index in [1.165, 1.54) is 0 Å². The van der Waals surface area contributed by atoms with E-state index in [9.17, 15) is 4.79 Å². The van der Waals surface area contributed by atoms with E-state index in [0.717, 1.165) is 48.5 Å². The van der Waals surface area contributed by atoms with Crippen molar-refractivity contribution >= 4 is 5.91 Å². The Morgan fingerprint density at radius 3 is 2.67 bits per heavy atom. The average molecular weight is 361 g/mol. The van der Waals surface area contributed by atoms with Crippen molar-refractivity contribution in [2.45, 2.75) is 12.8 Å². The van der Waals surface area contributed by atoms with Gasteiger partial charge in [-0.2, -0.15) is 5.10 Å². The van der Waals surface area contributed by atoms with E-state index in [-0.39, 0.29) is 5.91 Å². The molecule has 3 aromatic rings. The third-order valence-corrected chi connectivity index (χ3v) is 4.98. The molecule has 0 radical (unpaired) electrons.